The molecular formula is C49H62N2. The van der Waals surface area contributed by atoms with Gasteiger partial charge < -0.3 is 9.80 Å². The van der Waals surface area contributed by atoms with E-state index in [2.05, 4.69) is 219 Å². The van der Waals surface area contributed by atoms with Crippen molar-refractivity contribution in [2.24, 2.45) is 5.41 Å². The predicted molar refractivity (Wildman–Crippen MR) is 226 cm³/mol. The van der Waals surface area contributed by atoms with E-state index in [9.17, 15) is 0 Å². The Balaban J connectivity index is 0.00000188. The Bertz CT molecular complexity index is 1760. The Kier molecular flexibility index (Phi) is 13.9. The zero-order valence-corrected chi connectivity index (χ0v) is 33.1. The van der Waals surface area contributed by atoms with Crippen molar-refractivity contribution >= 4 is 23.1 Å². The van der Waals surface area contributed by atoms with Gasteiger partial charge in [-0.05, 0) is 102 Å². The summed E-state index contributed by atoms with van der Waals surface area (Å²) in [5, 5.41) is 0. The molecule has 5 rings (SSSR count). The summed E-state index contributed by atoms with van der Waals surface area (Å²) in [6.45, 7) is 22.4. The number of benzene rings is 3. The number of rotatable bonds is 9. The van der Waals surface area contributed by atoms with Crippen molar-refractivity contribution in [3.8, 4) is 0 Å². The molecule has 2 aliphatic rings. The Hall–Kier alpha value is -4.56. The highest BCUT2D eigenvalue weighted by Gasteiger charge is 2.22. The smallest absolute Gasteiger partial charge is 0.0556 e. The first-order chi connectivity index (χ1) is 24.3. The summed E-state index contributed by atoms with van der Waals surface area (Å²) in [6.07, 6.45) is 27.4. The van der Waals surface area contributed by atoms with E-state index in [0.29, 0.717) is 0 Å². The molecule has 0 spiro atoms. The average molecular weight is 679 g/mol. The zero-order chi connectivity index (χ0) is 37.0. The number of hydrogen-bond donors (Lipinski definition) is 0. The van der Waals surface area contributed by atoms with E-state index in [1.807, 2.05) is 0 Å². The van der Waals surface area contributed by atoms with Crippen LogP contribution in [0.5, 0.6) is 0 Å². The van der Waals surface area contributed by atoms with Crippen molar-refractivity contribution in [2.45, 2.75) is 106 Å². The molecule has 1 atom stereocenters. The molecule has 0 N–H and O–H groups in total. The Labute approximate surface area is 311 Å². The van der Waals surface area contributed by atoms with E-state index in [1.165, 1.54) is 40.1 Å². The summed E-state index contributed by atoms with van der Waals surface area (Å²) in [5.41, 5.74) is 11.5. The average Bonchev–Trinajstić information content (AvgIpc) is 3.36. The molecule has 0 amide bonds. The van der Waals surface area contributed by atoms with Crippen LogP contribution in [0, 0.1) is 5.41 Å². The molecule has 2 aliphatic carbocycles. The lowest BCUT2D eigenvalue weighted by molar-refractivity contribution is 0.370. The molecule has 0 saturated carbocycles. The second-order valence-electron chi connectivity index (χ2n) is 15.7. The molecule has 51 heavy (non-hydrogen) atoms. The van der Waals surface area contributed by atoms with Gasteiger partial charge in [-0.2, -0.15) is 0 Å². The van der Waals surface area contributed by atoms with Crippen LogP contribution in [0.1, 0.15) is 106 Å². The van der Waals surface area contributed by atoms with Crippen LogP contribution >= 0.6 is 0 Å². The van der Waals surface area contributed by atoms with Gasteiger partial charge in [0.25, 0.3) is 0 Å². The monoisotopic (exact) mass is 678 g/mol. The van der Waals surface area contributed by atoms with Crippen LogP contribution < -0.4 is 4.90 Å². The molecule has 0 aliphatic heterocycles. The number of para-hydroxylation sites is 1. The van der Waals surface area contributed by atoms with Crippen LogP contribution in [0.3, 0.4) is 0 Å². The highest BCUT2D eigenvalue weighted by molar-refractivity contribution is 5.77. The summed E-state index contributed by atoms with van der Waals surface area (Å²) in [5.74, 6) is 0. The lowest BCUT2D eigenvalue weighted by atomic mass is 9.86. The first kappa shape index (κ1) is 39.2. The van der Waals surface area contributed by atoms with Crippen LogP contribution in [-0.2, 0) is 5.41 Å². The molecule has 268 valence electrons. The standard InChI is InChI=1S/C46H54N2.C3H8/c1-9-14-35(2)47(41-18-13-15-38(25-32-41)45(3,4)5)42-28-21-36(22-29-42)19-20-37-23-30-43(31-24-37)48(40-16-11-10-12-17-40)44-33-26-39(27-34-44)46(6,7)8;1-3-2/h10-12,14-28,30-34,42H,9,13,29H2,1-8H3;3H2,1-2H3/b20-19+,35-14+;. The lowest BCUT2D eigenvalue weighted by Crippen LogP contribution is -2.32. The van der Waals surface area contributed by atoms with Crippen molar-refractivity contribution in [1.29, 1.82) is 0 Å². The van der Waals surface area contributed by atoms with Crippen molar-refractivity contribution in [3.05, 3.63) is 167 Å². The molecule has 1 unspecified atom stereocenters. The Morgan fingerprint density at radius 2 is 1.29 bits per heavy atom. The third-order valence-corrected chi connectivity index (χ3v) is 9.19. The van der Waals surface area contributed by atoms with Gasteiger partial charge in [-0.1, -0.05) is 166 Å². The maximum Gasteiger partial charge on any atom is 0.0556 e. The quantitative estimate of drug-likeness (QED) is 0.222. The fraction of sp³-hybridized carbons (Fsp3) is 0.347. The molecule has 2 nitrogen and oxygen atoms in total. The molecule has 0 radical (unpaired) electrons. The predicted octanol–water partition coefficient (Wildman–Crippen LogP) is 14.6. The second-order valence-corrected chi connectivity index (χ2v) is 15.7. The van der Waals surface area contributed by atoms with Crippen molar-refractivity contribution < 1.29 is 0 Å². The van der Waals surface area contributed by atoms with Crippen LogP contribution in [0.15, 0.2) is 156 Å². The van der Waals surface area contributed by atoms with E-state index in [1.54, 1.807) is 0 Å². The van der Waals surface area contributed by atoms with E-state index in [4.69, 9.17) is 0 Å². The topological polar surface area (TPSA) is 6.48 Å². The molecule has 2 heteroatoms. The zero-order valence-electron chi connectivity index (χ0n) is 33.1. The minimum atomic E-state index is 0.121. The summed E-state index contributed by atoms with van der Waals surface area (Å²) >= 11 is 0. The molecule has 3 aromatic carbocycles. The van der Waals surface area contributed by atoms with Gasteiger partial charge in [-0.15, -0.1) is 0 Å². The first-order valence-electron chi connectivity index (χ1n) is 19.0. The van der Waals surface area contributed by atoms with Gasteiger partial charge in [0.2, 0.25) is 0 Å². The number of nitrogens with zero attached hydrogens (tertiary/aromatic N) is 2. The molecule has 0 heterocycles. The van der Waals surface area contributed by atoms with Gasteiger partial charge in [-0.25, -0.2) is 0 Å². The van der Waals surface area contributed by atoms with Gasteiger partial charge in [0.15, 0.2) is 0 Å². The maximum absolute atomic E-state index is 2.51. The molecule has 3 aromatic rings. The van der Waals surface area contributed by atoms with Gasteiger partial charge in [0, 0.05) is 28.5 Å². The Morgan fingerprint density at radius 3 is 1.84 bits per heavy atom. The van der Waals surface area contributed by atoms with Crippen LogP contribution in [0.25, 0.3) is 6.08 Å². The minimum absolute atomic E-state index is 0.121. The largest absolute Gasteiger partial charge is 0.339 e. The van der Waals surface area contributed by atoms with Crippen molar-refractivity contribution in [1.82, 2.24) is 4.90 Å². The second kappa shape index (κ2) is 18.1. The SMILES string of the molecule is CC/C=C(\C)N(C1=CCC=C(C(C)(C)C)C=C1)C1C=CC(/C=C/c2ccc(N(c3ccccc3)c3ccc(C(C)(C)C)cc3)cc2)=CC1.CCC. The van der Waals surface area contributed by atoms with E-state index < -0.39 is 0 Å². The number of anilines is 3. The van der Waals surface area contributed by atoms with E-state index >= 15 is 0 Å². The van der Waals surface area contributed by atoms with Gasteiger partial charge in [0.05, 0.1) is 6.04 Å². The summed E-state index contributed by atoms with van der Waals surface area (Å²) in [7, 11) is 0. The lowest BCUT2D eigenvalue weighted by Gasteiger charge is -2.34. The molecule has 0 bridgehead atoms. The van der Waals surface area contributed by atoms with E-state index in [0.717, 1.165) is 36.3 Å². The summed E-state index contributed by atoms with van der Waals surface area (Å²) in [6, 6.07) is 28.8. The highest BCUT2D eigenvalue weighted by atomic mass is 15.2. The Morgan fingerprint density at radius 1 is 0.686 bits per heavy atom. The summed E-state index contributed by atoms with van der Waals surface area (Å²) in [4.78, 5) is 4.84. The third kappa shape index (κ3) is 11.0. The van der Waals surface area contributed by atoms with Crippen molar-refractivity contribution in [2.75, 3.05) is 4.90 Å². The van der Waals surface area contributed by atoms with Crippen LogP contribution in [0.4, 0.5) is 17.1 Å². The first-order valence-corrected chi connectivity index (χ1v) is 19.0. The molecule has 0 aromatic heterocycles. The maximum atomic E-state index is 2.51. The number of allylic oxidation sites excluding steroid dienone is 10. The fourth-order valence-corrected chi connectivity index (χ4v) is 6.41. The molecule has 0 fully saturated rings. The minimum Gasteiger partial charge on any atom is -0.339 e. The van der Waals surface area contributed by atoms with Gasteiger partial charge >= 0.3 is 0 Å². The van der Waals surface area contributed by atoms with Gasteiger partial charge in [0.1, 0.15) is 0 Å². The van der Waals surface area contributed by atoms with Crippen LogP contribution in [-0.4, -0.2) is 10.9 Å². The fourth-order valence-electron chi connectivity index (χ4n) is 6.41. The normalized spacial score (nSPS) is 16.5. The molecular weight excluding hydrogens is 617 g/mol. The molecule has 0 saturated heterocycles. The van der Waals surface area contributed by atoms with Crippen molar-refractivity contribution in [3.63, 3.8) is 0 Å². The highest BCUT2D eigenvalue weighted by Crippen LogP contribution is 2.36. The summed E-state index contributed by atoms with van der Waals surface area (Å²) < 4.78 is 0. The van der Waals surface area contributed by atoms with E-state index in [-0.39, 0.29) is 16.9 Å². The van der Waals surface area contributed by atoms with Crippen LogP contribution in [0.2, 0.25) is 0 Å². The van der Waals surface area contributed by atoms with Gasteiger partial charge in [-0.3, -0.25) is 0 Å². The third-order valence-electron chi connectivity index (χ3n) is 9.19. The number of hydrogen-bond acceptors (Lipinski definition) is 2.